The number of carbonyl (C=O) groups excluding carboxylic acids is 3. The molecule has 2 rings (SSSR count). The number of rotatable bonds is 8. The molecule has 0 bridgehead atoms. The Bertz CT molecular complexity index is 693. The Hall–Kier alpha value is -2.37. The van der Waals surface area contributed by atoms with Gasteiger partial charge in [-0.2, -0.15) is 0 Å². The van der Waals surface area contributed by atoms with Gasteiger partial charge < -0.3 is 10.6 Å². The van der Waals surface area contributed by atoms with Crippen LogP contribution in [-0.4, -0.2) is 34.8 Å². The monoisotopic (exact) mass is 373 g/mol. The van der Waals surface area contributed by atoms with E-state index in [1.54, 1.807) is 0 Å². The average molecular weight is 373 g/mol. The van der Waals surface area contributed by atoms with Crippen LogP contribution in [0.2, 0.25) is 0 Å². The van der Waals surface area contributed by atoms with Crippen LogP contribution in [0.25, 0.3) is 0 Å². The lowest BCUT2D eigenvalue weighted by molar-refractivity contribution is -0.135. The van der Waals surface area contributed by atoms with E-state index in [2.05, 4.69) is 36.6 Å². The van der Waals surface area contributed by atoms with Crippen LogP contribution < -0.4 is 10.6 Å². The summed E-state index contributed by atoms with van der Waals surface area (Å²) < 4.78 is 0. The molecule has 6 nitrogen and oxygen atoms in total. The van der Waals surface area contributed by atoms with Crippen LogP contribution in [0.5, 0.6) is 0 Å². The lowest BCUT2D eigenvalue weighted by atomic mass is 9.93. The molecule has 6 heteroatoms. The largest absolute Gasteiger partial charge is 0.348 e. The lowest BCUT2D eigenvalue weighted by Gasteiger charge is -2.23. The van der Waals surface area contributed by atoms with Crippen molar-refractivity contribution in [2.45, 2.75) is 65.5 Å². The van der Waals surface area contributed by atoms with Crippen LogP contribution in [0.15, 0.2) is 24.3 Å². The van der Waals surface area contributed by atoms with Gasteiger partial charge >= 0.3 is 6.03 Å². The van der Waals surface area contributed by atoms with Crippen molar-refractivity contribution in [3.8, 4) is 0 Å². The van der Waals surface area contributed by atoms with Gasteiger partial charge in [0.2, 0.25) is 5.91 Å². The minimum atomic E-state index is -0.880. The molecule has 1 saturated heterocycles. The highest BCUT2D eigenvalue weighted by Gasteiger charge is 2.49. The van der Waals surface area contributed by atoms with E-state index in [4.69, 9.17) is 0 Å². The van der Waals surface area contributed by atoms with Gasteiger partial charge in [0.25, 0.3) is 5.91 Å². The number of benzene rings is 1. The van der Waals surface area contributed by atoms with Crippen LogP contribution in [0.4, 0.5) is 4.79 Å². The third-order valence-electron chi connectivity index (χ3n) is 5.26. The Morgan fingerprint density at radius 1 is 1.11 bits per heavy atom. The predicted molar refractivity (Wildman–Crippen MR) is 105 cm³/mol. The quantitative estimate of drug-likeness (QED) is 0.687. The fourth-order valence-corrected chi connectivity index (χ4v) is 3.48. The Labute approximate surface area is 161 Å². The number of carbonyl (C=O) groups is 3. The van der Waals surface area contributed by atoms with Crippen molar-refractivity contribution < 1.29 is 14.4 Å². The van der Waals surface area contributed by atoms with Gasteiger partial charge in [0.1, 0.15) is 12.1 Å². The molecule has 0 spiro atoms. The normalized spacial score (nSPS) is 17.2. The highest BCUT2D eigenvalue weighted by molar-refractivity contribution is 6.09. The van der Waals surface area contributed by atoms with Gasteiger partial charge in [0.05, 0.1) is 6.04 Å². The first-order chi connectivity index (χ1) is 12.7. The summed E-state index contributed by atoms with van der Waals surface area (Å²) in [5.74, 6) is -0.0749. The topological polar surface area (TPSA) is 78.5 Å². The zero-order valence-corrected chi connectivity index (χ0v) is 17.0. The third-order valence-corrected chi connectivity index (χ3v) is 5.26. The molecular weight excluding hydrogens is 342 g/mol. The number of nitrogens with zero attached hydrogens (tertiary/aromatic N) is 1. The smallest absolute Gasteiger partial charge is 0.325 e. The van der Waals surface area contributed by atoms with Crippen LogP contribution in [0.1, 0.15) is 64.6 Å². The lowest BCUT2D eigenvalue weighted by Crippen LogP contribution is -2.46. The molecule has 1 aromatic rings. The van der Waals surface area contributed by atoms with Crippen LogP contribution in [0.3, 0.4) is 0 Å². The summed E-state index contributed by atoms with van der Waals surface area (Å²) in [6.07, 6.45) is 2.03. The second-order valence-corrected chi connectivity index (χ2v) is 7.74. The Morgan fingerprint density at radius 2 is 1.70 bits per heavy atom. The summed E-state index contributed by atoms with van der Waals surface area (Å²) in [5, 5.41) is 5.61. The number of urea groups is 1. The van der Waals surface area contributed by atoms with Gasteiger partial charge in [-0.25, -0.2) is 4.79 Å². The zero-order chi connectivity index (χ0) is 20.2. The predicted octanol–water partition coefficient (Wildman–Crippen LogP) is 3.17. The Balaban J connectivity index is 1.97. The van der Waals surface area contributed by atoms with Crippen molar-refractivity contribution in [1.82, 2.24) is 15.5 Å². The minimum absolute atomic E-state index is 0.200. The molecule has 0 aromatic heterocycles. The summed E-state index contributed by atoms with van der Waals surface area (Å²) in [4.78, 5) is 38.1. The maximum atomic E-state index is 12.6. The van der Waals surface area contributed by atoms with Gasteiger partial charge in [-0.05, 0) is 43.2 Å². The molecular formula is C21H31N3O3. The van der Waals surface area contributed by atoms with Crippen LogP contribution in [0, 0.1) is 5.92 Å². The van der Waals surface area contributed by atoms with E-state index in [0.717, 1.165) is 16.9 Å². The number of amides is 4. The highest BCUT2D eigenvalue weighted by Crippen LogP contribution is 2.24. The van der Waals surface area contributed by atoms with Crippen molar-refractivity contribution in [3.63, 3.8) is 0 Å². The van der Waals surface area contributed by atoms with Gasteiger partial charge in [-0.15, -0.1) is 0 Å². The summed E-state index contributed by atoms with van der Waals surface area (Å²) >= 11 is 0. The zero-order valence-electron chi connectivity index (χ0n) is 17.0. The molecule has 0 saturated carbocycles. The van der Waals surface area contributed by atoms with Crippen molar-refractivity contribution in [2.75, 3.05) is 6.54 Å². The van der Waals surface area contributed by atoms with Gasteiger partial charge in [0.15, 0.2) is 0 Å². The average Bonchev–Trinajstić information content (AvgIpc) is 2.86. The van der Waals surface area contributed by atoms with Crippen LogP contribution in [-0.2, 0) is 16.0 Å². The van der Waals surface area contributed by atoms with Crippen molar-refractivity contribution in [1.29, 1.82) is 0 Å². The fraction of sp³-hybridized carbons (Fsp3) is 0.571. The molecule has 1 heterocycles. The fourth-order valence-electron chi connectivity index (χ4n) is 3.48. The molecule has 1 atom stereocenters. The van der Waals surface area contributed by atoms with Gasteiger partial charge in [-0.3, -0.25) is 14.5 Å². The summed E-state index contributed by atoms with van der Waals surface area (Å²) in [6.45, 7) is 9.70. The molecule has 1 aliphatic rings. The molecule has 148 valence electrons. The molecule has 0 aliphatic carbocycles. The van der Waals surface area contributed by atoms with Gasteiger partial charge in [0, 0.05) is 0 Å². The van der Waals surface area contributed by atoms with E-state index in [-0.39, 0.29) is 24.4 Å². The van der Waals surface area contributed by atoms with E-state index < -0.39 is 11.6 Å². The highest BCUT2D eigenvalue weighted by atomic mass is 16.2. The maximum absolute atomic E-state index is 12.6. The Kier molecular flexibility index (Phi) is 6.63. The minimum Gasteiger partial charge on any atom is -0.348 e. The number of hydrogen-bond donors (Lipinski definition) is 2. The molecule has 1 aliphatic heterocycles. The summed E-state index contributed by atoms with van der Waals surface area (Å²) in [5.41, 5.74) is 1.38. The molecule has 4 amide bonds. The first-order valence-electron chi connectivity index (χ1n) is 9.74. The molecule has 27 heavy (non-hydrogen) atoms. The summed E-state index contributed by atoms with van der Waals surface area (Å²) in [6, 6.07) is 7.47. The first kappa shape index (κ1) is 20.9. The van der Waals surface area contributed by atoms with Crippen molar-refractivity contribution >= 4 is 17.8 Å². The first-order valence-corrected chi connectivity index (χ1v) is 9.74. The number of nitrogens with one attached hydrogen (secondary N) is 2. The van der Waals surface area contributed by atoms with E-state index in [9.17, 15) is 14.4 Å². The number of hydrogen-bond acceptors (Lipinski definition) is 3. The maximum Gasteiger partial charge on any atom is 0.325 e. The van der Waals surface area contributed by atoms with E-state index in [1.165, 1.54) is 5.56 Å². The van der Waals surface area contributed by atoms with Crippen molar-refractivity contribution in [3.05, 3.63) is 35.4 Å². The van der Waals surface area contributed by atoms with E-state index in [0.29, 0.717) is 18.8 Å². The van der Waals surface area contributed by atoms with E-state index in [1.807, 2.05) is 32.9 Å². The second-order valence-electron chi connectivity index (χ2n) is 7.74. The molecule has 1 aromatic carbocycles. The molecule has 1 fully saturated rings. The third kappa shape index (κ3) is 4.67. The molecule has 0 radical (unpaired) electrons. The SMILES string of the molecule is CCC1(CC)NC(=O)N(CC(=O)NC(C)c2ccc(CC(C)C)cc2)C1=O. The second kappa shape index (κ2) is 8.55. The Morgan fingerprint density at radius 3 is 2.19 bits per heavy atom. The molecule has 1 unspecified atom stereocenters. The van der Waals surface area contributed by atoms with Gasteiger partial charge in [-0.1, -0.05) is 52.0 Å². The number of imide groups is 1. The van der Waals surface area contributed by atoms with Crippen molar-refractivity contribution in [2.24, 2.45) is 5.92 Å². The molecule has 2 N–H and O–H groups in total. The van der Waals surface area contributed by atoms with E-state index >= 15 is 0 Å². The van der Waals surface area contributed by atoms with Crippen LogP contribution >= 0.6 is 0 Å². The summed E-state index contributed by atoms with van der Waals surface area (Å²) in [7, 11) is 0. The standard InChI is InChI=1S/C21H31N3O3/c1-6-21(7-2)19(26)24(20(27)23-21)13-18(25)22-15(5)17-10-8-16(9-11-17)12-14(3)4/h8-11,14-15H,6-7,12-13H2,1-5H3,(H,22,25)(H,23,27).